The highest BCUT2D eigenvalue weighted by atomic mass is 16.5. The lowest BCUT2D eigenvalue weighted by Crippen LogP contribution is -2.46. The predicted octanol–water partition coefficient (Wildman–Crippen LogP) is 4.16. The molecule has 0 radical (unpaired) electrons. The number of aliphatic hydroxyl groups is 1. The Bertz CT molecular complexity index is 581. The van der Waals surface area contributed by atoms with Crippen LogP contribution < -0.4 is 4.74 Å². The minimum absolute atomic E-state index is 0.0806. The van der Waals surface area contributed by atoms with Crippen molar-refractivity contribution in [3.8, 4) is 5.75 Å². The molecule has 3 aliphatic carbocycles. The molecule has 1 aromatic carbocycles. The monoisotopic (exact) mass is 300 g/mol. The normalized spacial score (nSPS) is 43.2. The molecule has 0 bridgehead atoms. The highest BCUT2D eigenvalue weighted by molar-refractivity contribution is 5.41. The van der Waals surface area contributed by atoms with Crippen molar-refractivity contribution in [3.05, 3.63) is 29.3 Å². The first kappa shape index (κ1) is 14.6. The van der Waals surface area contributed by atoms with Crippen LogP contribution in [0.5, 0.6) is 5.75 Å². The summed E-state index contributed by atoms with van der Waals surface area (Å²) in [4.78, 5) is 0. The number of methoxy groups -OCH3 is 1. The third-order valence-electron chi connectivity index (χ3n) is 7.23. The van der Waals surface area contributed by atoms with E-state index in [0.29, 0.717) is 17.8 Å². The summed E-state index contributed by atoms with van der Waals surface area (Å²) < 4.78 is 5.42. The lowest BCUT2D eigenvalue weighted by molar-refractivity contribution is -0.0356. The quantitative estimate of drug-likeness (QED) is 0.844. The molecule has 1 N–H and O–H groups in total. The van der Waals surface area contributed by atoms with Gasteiger partial charge in [-0.25, -0.2) is 0 Å². The summed E-state index contributed by atoms with van der Waals surface area (Å²) in [6.07, 6.45) is 5.72. The van der Waals surface area contributed by atoms with Gasteiger partial charge >= 0.3 is 0 Å². The summed E-state index contributed by atoms with van der Waals surface area (Å²) in [5.74, 6) is 3.83. The first-order chi connectivity index (χ1) is 10.5. The van der Waals surface area contributed by atoms with Crippen LogP contribution in [0.3, 0.4) is 0 Å². The van der Waals surface area contributed by atoms with E-state index in [1.54, 1.807) is 12.7 Å². The van der Waals surface area contributed by atoms with Crippen molar-refractivity contribution in [1.29, 1.82) is 0 Å². The molecule has 2 heteroatoms. The Balaban J connectivity index is 1.73. The molecule has 0 spiro atoms. The van der Waals surface area contributed by atoms with Crippen LogP contribution >= 0.6 is 0 Å². The Morgan fingerprint density at radius 1 is 1.23 bits per heavy atom. The Kier molecular flexibility index (Phi) is 3.30. The van der Waals surface area contributed by atoms with Crippen LogP contribution in [0.4, 0.5) is 0 Å². The van der Waals surface area contributed by atoms with E-state index in [0.717, 1.165) is 24.5 Å². The molecule has 22 heavy (non-hydrogen) atoms. The molecule has 120 valence electrons. The molecule has 1 aromatic rings. The molecule has 2 unspecified atom stereocenters. The third-order valence-corrected chi connectivity index (χ3v) is 7.23. The van der Waals surface area contributed by atoms with E-state index < -0.39 is 0 Å². The number of hydrogen-bond donors (Lipinski definition) is 1. The molecular formula is C20H28O2. The third kappa shape index (κ3) is 1.89. The van der Waals surface area contributed by atoms with Crippen LogP contribution in [0.1, 0.15) is 56.6 Å². The maximum atomic E-state index is 10.5. The number of fused-ring (bicyclic) bond motifs is 5. The van der Waals surface area contributed by atoms with Crippen molar-refractivity contribution in [1.82, 2.24) is 0 Å². The number of rotatable bonds is 1. The fraction of sp³-hybridized carbons (Fsp3) is 0.700. The van der Waals surface area contributed by atoms with Gasteiger partial charge in [-0.2, -0.15) is 0 Å². The van der Waals surface area contributed by atoms with Gasteiger partial charge in [0.2, 0.25) is 0 Å². The zero-order chi connectivity index (χ0) is 15.5. The molecule has 0 amide bonds. The zero-order valence-corrected chi connectivity index (χ0v) is 14.0. The molecule has 4 rings (SSSR count). The maximum absolute atomic E-state index is 10.5. The molecule has 2 saturated carbocycles. The molecule has 2 fully saturated rings. The first-order valence-corrected chi connectivity index (χ1v) is 8.89. The second-order valence-corrected chi connectivity index (χ2v) is 8.17. The molecular weight excluding hydrogens is 272 g/mol. The van der Waals surface area contributed by atoms with Crippen LogP contribution in [0, 0.1) is 23.2 Å². The average Bonchev–Trinajstić information content (AvgIpc) is 2.82. The fourth-order valence-electron chi connectivity index (χ4n) is 6.05. The Morgan fingerprint density at radius 3 is 2.82 bits per heavy atom. The highest BCUT2D eigenvalue weighted by Gasteiger charge is 2.55. The van der Waals surface area contributed by atoms with Gasteiger partial charge in [-0.3, -0.25) is 0 Å². The zero-order valence-electron chi connectivity index (χ0n) is 14.0. The van der Waals surface area contributed by atoms with Crippen molar-refractivity contribution >= 4 is 0 Å². The van der Waals surface area contributed by atoms with Crippen LogP contribution in [-0.4, -0.2) is 18.3 Å². The largest absolute Gasteiger partial charge is 0.497 e. The summed E-state index contributed by atoms with van der Waals surface area (Å²) >= 11 is 0. The molecule has 0 aliphatic heterocycles. The lowest BCUT2D eigenvalue weighted by atomic mass is 9.53. The van der Waals surface area contributed by atoms with Crippen LogP contribution in [0.25, 0.3) is 0 Å². The standard InChI is InChI=1S/C20H28O2/c1-12-10-13-11-14(22-3)4-5-15(13)16-8-9-20(2)17(19(12)16)6-7-18(20)21/h4-5,11-12,16-19,21H,6-10H2,1-3H3/t12?,16-,17+,18?,19-,20+/m1/s1. The van der Waals surface area contributed by atoms with E-state index in [1.165, 1.54) is 24.8 Å². The van der Waals surface area contributed by atoms with Gasteiger partial charge in [0.05, 0.1) is 13.2 Å². The van der Waals surface area contributed by atoms with Gasteiger partial charge in [0.15, 0.2) is 0 Å². The molecule has 3 aliphatic rings. The lowest BCUT2D eigenvalue weighted by Gasteiger charge is -2.52. The second-order valence-electron chi connectivity index (χ2n) is 8.17. The van der Waals surface area contributed by atoms with Gasteiger partial charge < -0.3 is 9.84 Å². The van der Waals surface area contributed by atoms with Crippen molar-refractivity contribution in [2.45, 2.75) is 58.0 Å². The van der Waals surface area contributed by atoms with Gasteiger partial charge in [-0.1, -0.05) is 19.9 Å². The fourth-order valence-corrected chi connectivity index (χ4v) is 6.05. The molecule has 0 saturated heterocycles. The molecule has 2 nitrogen and oxygen atoms in total. The summed E-state index contributed by atoms with van der Waals surface area (Å²) in [5, 5.41) is 10.5. The van der Waals surface area contributed by atoms with E-state index in [9.17, 15) is 5.11 Å². The summed E-state index contributed by atoms with van der Waals surface area (Å²) in [5.41, 5.74) is 3.22. The summed E-state index contributed by atoms with van der Waals surface area (Å²) in [6, 6.07) is 6.69. The second kappa shape index (κ2) is 4.99. The van der Waals surface area contributed by atoms with Gasteiger partial charge in [0.25, 0.3) is 0 Å². The Morgan fingerprint density at radius 2 is 2.05 bits per heavy atom. The number of hydrogen-bond acceptors (Lipinski definition) is 2. The first-order valence-electron chi connectivity index (χ1n) is 8.89. The Labute approximate surface area is 133 Å². The predicted molar refractivity (Wildman–Crippen MR) is 88.2 cm³/mol. The van der Waals surface area contributed by atoms with Crippen LogP contribution in [0.15, 0.2) is 18.2 Å². The van der Waals surface area contributed by atoms with Gasteiger partial charge in [0.1, 0.15) is 5.75 Å². The minimum Gasteiger partial charge on any atom is -0.497 e. The van der Waals surface area contributed by atoms with Crippen molar-refractivity contribution in [2.24, 2.45) is 23.2 Å². The van der Waals surface area contributed by atoms with Gasteiger partial charge in [0, 0.05) is 0 Å². The highest BCUT2D eigenvalue weighted by Crippen LogP contribution is 2.62. The van der Waals surface area contributed by atoms with Crippen molar-refractivity contribution in [2.75, 3.05) is 7.11 Å². The van der Waals surface area contributed by atoms with Gasteiger partial charge in [-0.15, -0.1) is 0 Å². The summed E-state index contributed by atoms with van der Waals surface area (Å²) in [7, 11) is 1.75. The average molecular weight is 300 g/mol. The van der Waals surface area contributed by atoms with E-state index in [2.05, 4.69) is 32.0 Å². The van der Waals surface area contributed by atoms with E-state index in [4.69, 9.17) is 4.74 Å². The van der Waals surface area contributed by atoms with E-state index in [-0.39, 0.29) is 11.5 Å². The molecule has 0 aromatic heterocycles. The molecule has 6 atom stereocenters. The number of benzene rings is 1. The van der Waals surface area contributed by atoms with E-state index >= 15 is 0 Å². The van der Waals surface area contributed by atoms with Crippen molar-refractivity contribution < 1.29 is 9.84 Å². The smallest absolute Gasteiger partial charge is 0.119 e. The Hall–Kier alpha value is -1.02. The number of ether oxygens (including phenoxy) is 1. The maximum Gasteiger partial charge on any atom is 0.119 e. The number of aliphatic hydroxyl groups excluding tert-OH is 1. The topological polar surface area (TPSA) is 29.5 Å². The SMILES string of the molecule is COc1ccc2c(c1)CC(C)[C@@H]1[C@@H]2CC[C@]2(C)C(O)CC[C@@H]12. The van der Waals surface area contributed by atoms with Crippen LogP contribution in [0.2, 0.25) is 0 Å². The van der Waals surface area contributed by atoms with E-state index in [1.807, 2.05) is 0 Å². The van der Waals surface area contributed by atoms with Gasteiger partial charge in [-0.05, 0) is 84.5 Å². The van der Waals surface area contributed by atoms with Crippen LogP contribution in [-0.2, 0) is 6.42 Å². The summed E-state index contributed by atoms with van der Waals surface area (Å²) in [6.45, 7) is 4.78. The van der Waals surface area contributed by atoms with Crippen molar-refractivity contribution in [3.63, 3.8) is 0 Å². The molecule has 0 heterocycles. The minimum atomic E-state index is -0.0806.